The van der Waals surface area contributed by atoms with Crippen molar-refractivity contribution in [2.75, 3.05) is 0 Å². The molecule has 20 heavy (non-hydrogen) atoms. The van der Waals surface area contributed by atoms with E-state index in [9.17, 15) is 5.11 Å². The van der Waals surface area contributed by atoms with Gasteiger partial charge in [-0.3, -0.25) is 0 Å². The van der Waals surface area contributed by atoms with E-state index in [2.05, 4.69) is 4.98 Å². The minimum absolute atomic E-state index is 0.670. The van der Waals surface area contributed by atoms with Gasteiger partial charge >= 0.3 is 7.48 Å². The highest BCUT2D eigenvalue weighted by Gasteiger charge is 2.35. The van der Waals surface area contributed by atoms with Gasteiger partial charge in [-0.2, -0.15) is 0 Å². The fourth-order valence-electron chi connectivity index (χ4n) is 1.44. The number of aromatic nitrogens is 1. The number of hydrogen-bond acceptors (Lipinski definition) is 4. The van der Waals surface area contributed by atoms with Crippen molar-refractivity contribution in [3.63, 3.8) is 0 Å². The van der Waals surface area contributed by atoms with Crippen molar-refractivity contribution >= 4 is 12.9 Å². The summed E-state index contributed by atoms with van der Waals surface area (Å²) < 4.78 is 10.9. The van der Waals surface area contributed by atoms with Gasteiger partial charge in [-0.1, -0.05) is 29.7 Å². The first-order chi connectivity index (χ1) is 9.29. The monoisotopic (exact) mass is 272 g/mol. The van der Waals surface area contributed by atoms with Crippen LogP contribution >= 0.6 is 0 Å². The van der Waals surface area contributed by atoms with Crippen LogP contribution in [0.4, 0.5) is 0 Å². The second kappa shape index (κ2) is 5.42. The third-order valence-electron chi connectivity index (χ3n) is 3.59. The predicted octanol–water partition coefficient (Wildman–Crippen LogP) is 2.15. The van der Waals surface area contributed by atoms with E-state index in [0.29, 0.717) is 0 Å². The molecule has 1 aromatic carbocycles. The Morgan fingerprint density at radius 2 is 1.80 bits per heavy atom. The molecule has 1 radical (unpaired) electrons. The van der Waals surface area contributed by atoms with E-state index in [0.717, 1.165) is 16.8 Å². The lowest BCUT2D eigenvalue weighted by Crippen LogP contribution is -2.49. The summed E-state index contributed by atoms with van der Waals surface area (Å²) in [6.07, 6.45) is 3.08. The molecule has 0 atom stereocenters. The quantitative estimate of drug-likeness (QED) is 0.847. The van der Waals surface area contributed by atoms with Gasteiger partial charge in [0.15, 0.2) is 12.2 Å². The van der Waals surface area contributed by atoms with Gasteiger partial charge in [0.25, 0.3) is 0 Å². The van der Waals surface area contributed by atoms with Crippen molar-refractivity contribution in [1.82, 2.24) is 4.98 Å². The second-order valence-corrected chi connectivity index (χ2v) is 5.79. The van der Waals surface area contributed by atoms with Crippen LogP contribution in [0.15, 0.2) is 41.3 Å². The Hall–Kier alpha value is -1.59. The maximum atomic E-state index is 10.0. The molecule has 2 rings (SSSR count). The lowest BCUT2D eigenvalue weighted by atomic mass is 9.82. The van der Waals surface area contributed by atoms with Gasteiger partial charge in [-0.05, 0) is 27.7 Å². The van der Waals surface area contributed by atoms with Crippen LogP contribution in [0.25, 0.3) is 11.3 Å². The summed E-state index contributed by atoms with van der Waals surface area (Å²) in [7, 11) is 1.65. The summed E-state index contributed by atoms with van der Waals surface area (Å²) in [5, 5.41) is 10.0. The Bertz CT molecular complexity index is 541. The van der Waals surface area contributed by atoms with Crippen LogP contribution in [0, 0.1) is 0 Å². The van der Waals surface area contributed by atoms with Gasteiger partial charge in [0, 0.05) is 5.56 Å². The lowest BCUT2D eigenvalue weighted by molar-refractivity contribution is -0.0893. The van der Waals surface area contributed by atoms with Crippen LogP contribution in [0.3, 0.4) is 0 Å². The molecule has 1 N–H and O–H groups in total. The first-order valence-corrected chi connectivity index (χ1v) is 6.52. The second-order valence-electron chi connectivity index (χ2n) is 5.79. The number of hydrogen-bond donors (Lipinski definition) is 1. The van der Waals surface area contributed by atoms with Crippen molar-refractivity contribution in [3.05, 3.63) is 36.9 Å². The maximum Gasteiger partial charge on any atom is 0.330 e. The Labute approximate surface area is 120 Å². The summed E-state index contributed by atoms with van der Waals surface area (Å²) in [5.41, 5.74) is 0.284. The van der Waals surface area contributed by atoms with E-state index in [-0.39, 0.29) is 0 Å². The minimum atomic E-state index is -0.927. The topological polar surface area (TPSA) is 55.5 Å². The highest BCUT2D eigenvalue weighted by molar-refractivity contribution is 6.47. The molecule has 4 nitrogen and oxygen atoms in total. The SMILES string of the molecule is CC(C)(O)C(C)(C)O[B]c1ccc(-c2cnco2)cc1. The molecule has 1 heterocycles. The highest BCUT2D eigenvalue weighted by Crippen LogP contribution is 2.24. The van der Waals surface area contributed by atoms with Gasteiger partial charge < -0.3 is 14.2 Å². The number of aliphatic hydroxyl groups is 1. The van der Waals surface area contributed by atoms with E-state index >= 15 is 0 Å². The van der Waals surface area contributed by atoms with Crippen molar-refractivity contribution < 1.29 is 14.2 Å². The summed E-state index contributed by atoms with van der Waals surface area (Å²) in [5.74, 6) is 0.731. The molecule has 0 fully saturated rings. The first-order valence-electron chi connectivity index (χ1n) is 6.52. The number of benzene rings is 1. The van der Waals surface area contributed by atoms with Crippen molar-refractivity contribution in [2.24, 2.45) is 0 Å². The van der Waals surface area contributed by atoms with E-state index < -0.39 is 11.2 Å². The van der Waals surface area contributed by atoms with Crippen LogP contribution < -0.4 is 5.46 Å². The molecule has 0 aliphatic heterocycles. The van der Waals surface area contributed by atoms with Crippen molar-refractivity contribution in [2.45, 2.75) is 38.9 Å². The molecule has 0 aliphatic carbocycles. The van der Waals surface area contributed by atoms with Gasteiger partial charge in [0.1, 0.15) is 0 Å². The van der Waals surface area contributed by atoms with Crippen LogP contribution in [0.2, 0.25) is 0 Å². The Balaban J connectivity index is 2.02. The summed E-state index contributed by atoms with van der Waals surface area (Å²) >= 11 is 0. The van der Waals surface area contributed by atoms with Crippen molar-refractivity contribution in [3.8, 4) is 11.3 Å². The van der Waals surface area contributed by atoms with Gasteiger partial charge in [-0.15, -0.1) is 0 Å². The minimum Gasteiger partial charge on any atom is -0.444 e. The molecule has 2 aromatic rings. The number of oxazole rings is 1. The smallest absolute Gasteiger partial charge is 0.330 e. The van der Waals surface area contributed by atoms with E-state index in [4.69, 9.17) is 9.07 Å². The van der Waals surface area contributed by atoms with E-state index in [1.54, 1.807) is 27.5 Å². The third-order valence-corrected chi connectivity index (χ3v) is 3.59. The third kappa shape index (κ3) is 3.29. The normalized spacial score (nSPS) is 12.4. The summed E-state index contributed by atoms with van der Waals surface area (Å²) in [4.78, 5) is 3.89. The fraction of sp³-hybridized carbons (Fsp3) is 0.400. The average molecular weight is 272 g/mol. The number of rotatable bonds is 5. The van der Waals surface area contributed by atoms with E-state index in [1.807, 2.05) is 38.1 Å². The van der Waals surface area contributed by atoms with E-state index in [1.165, 1.54) is 6.39 Å². The first kappa shape index (κ1) is 14.8. The fourth-order valence-corrected chi connectivity index (χ4v) is 1.44. The van der Waals surface area contributed by atoms with Gasteiger partial charge in [0.2, 0.25) is 0 Å². The zero-order valence-corrected chi connectivity index (χ0v) is 12.3. The largest absolute Gasteiger partial charge is 0.444 e. The molecule has 0 saturated carbocycles. The molecule has 0 unspecified atom stereocenters. The van der Waals surface area contributed by atoms with Crippen molar-refractivity contribution in [1.29, 1.82) is 0 Å². The molecule has 1 aromatic heterocycles. The molecule has 105 valence electrons. The molecule has 5 heteroatoms. The van der Waals surface area contributed by atoms with Gasteiger partial charge in [0.05, 0.1) is 17.4 Å². The van der Waals surface area contributed by atoms with Crippen LogP contribution in [-0.2, 0) is 4.65 Å². The summed E-state index contributed by atoms with van der Waals surface area (Å²) in [6.45, 7) is 7.17. The van der Waals surface area contributed by atoms with Gasteiger partial charge in [-0.25, -0.2) is 4.98 Å². The Morgan fingerprint density at radius 3 is 2.30 bits per heavy atom. The molecule has 0 spiro atoms. The van der Waals surface area contributed by atoms with Crippen LogP contribution in [-0.4, -0.2) is 28.8 Å². The molecule has 0 amide bonds. The maximum absolute atomic E-state index is 10.0. The Morgan fingerprint density at radius 1 is 1.15 bits per heavy atom. The van der Waals surface area contributed by atoms with Crippen LogP contribution in [0.1, 0.15) is 27.7 Å². The summed E-state index contributed by atoms with van der Waals surface area (Å²) in [6, 6.07) is 7.73. The standard InChI is InChI=1S/C15H19BNO3/c1-14(2,18)15(3,4)20-16-12-7-5-11(6-8-12)13-9-17-10-19-13/h5-10,18H,1-4H3. The lowest BCUT2D eigenvalue weighted by Gasteiger charge is -2.37. The molecular formula is C15H19BNO3. The number of nitrogens with zero attached hydrogens (tertiary/aromatic N) is 1. The zero-order valence-electron chi connectivity index (χ0n) is 12.3. The molecule has 0 bridgehead atoms. The molecular weight excluding hydrogens is 253 g/mol. The molecule has 0 aliphatic rings. The predicted molar refractivity (Wildman–Crippen MR) is 78.8 cm³/mol. The average Bonchev–Trinajstić information content (AvgIpc) is 2.89. The highest BCUT2D eigenvalue weighted by atomic mass is 16.5. The molecule has 0 saturated heterocycles. The van der Waals surface area contributed by atoms with Crippen LogP contribution in [0.5, 0.6) is 0 Å². The zero-order chi connectivity index (χ0) is 14.8. The Kier molecular flexibility index (Phi) is 4.02.